The fourth-order valence-corrected chi connectivity index (χ4v) is 3.58. The SMILES string of the molecule is CCC(C)(C)c1ccc(OCCNS(=O)(=O)c2cc(C(=O)[O-])ccc2F)cc1. The number of carboxylic acids is 1. The van der Waals surface area contributed by atoms with E-state index in [0.29, 0.717) is 5.75 Å². The molecule has 2 rings (SSSR count). The highest BCUT2D eigenvalue weighted by molar-refractivity contribution is 7.89. The van der Waals surface area contributed by atoms with Gasteiger partial charge in [-0.1, -0.05) is 39.0 Å². The van der Waals surface area contributed by atoms with Crippen LogP contribution in [0.4, 0.5) is 4.39 Å². The molecule has 0 atom stereocenters. The number of hydrogen-bond donors (Lipinski definition) is 1. The summed E-state index contributed by atoms with van der Waals surface area (Å²) in [7, 11) is -4.23. The quantitative estimate of drug-likeness (QED) is 0.642. The Balaban J connectivity index is 1.96. The van der Waals surface area contributed by atoms with Gasteiger partial charge in [-0.3, -0.25) is 0 Å². The molecular formula is C20H23FNO5S-. The molecule has 28 heavy (non-hydrogen) atoms. The van der Waals surface area contributed by atoms with Gasteiger partial charge in [0.15, 0.2) is 0 Å². The molecule has 0 amide bonds. The van der Waals surface area contributed by atoms with Crippen molar-refractivity contribution in [3.05, 3.63) is 59.4 Å². The van der Waals surface area contributed by atoms with Crippen molar-refractivity contribution in [1.82, 2.24) is 4.72 Å². The van der Waals surface area contributed by atoms with Crippen molar-refractivity contribution in [2.75, 3.05) is 13.2 Å². The summed E-state index contributed by atoms with van der Waals surface area (Å²) < 4.78 is 45.9. The zero-order valence-electron chi connectivity index (χ0n) is 16.0. The minimum atomic E-state index is -4.23. The van der Waals surface area contributed by atoms with Crippen molar-refractivity contribution in [2.45, 2.75) is 37.5 Å². The summed E-state index contributed by atoms with van der Waals surface area (Å²) in [6.07, 6.45) is 0.991. The highest BCUT2D eigenvalue weighted by Gasteiger charge is 2.20. The number of ether oxygens (including phenoxy) is 1. The molecule has 0 saturated carbocycles. The van der Waals surface area contributed by atoms with E-state index in [0.717, 1.165) is 24.6 Å². The number of aromatic carboxylic acids is 1. The number of nitrogens with one attached hydrogen (secondary N) is 1. The van der Waals surface area contributed by atoms with Crippen LogP contribution in [0.3, 0.4) is 0 Å². The fourth-order valence-electron chi connectivity index (χ4n) is 2.47. The Kier molecular flexibility index (Phi) is 6.79. The smallest absolute Gasteiger partial charge is 0.243 e. The van der Waals surface area contributed by atoms with Crippen molar-refractivity contribution in [3.8, 4) is 5.75 Å². The largest absolute Gasteiger partial charge is 0.545 e. The maximum atomic E-state index is 13.8. The number of carboxylic acid groups (broad SMARTS) is 1. The Morgan fingerprint density at radius 3 is 2.39 bits per heavy atom. The minimum Gasteiger partial charge on any atom is -0.545 e. The molecule has 0 bridgehead atoms. The van der Waals surface area contributed by atoms with Crippen LogP contribution in [-0.2, 0) is 15.4 Å². The molecule has 0 fully saturated rings. The topological polar surface area (TPSA) is 95.5 Å². The van der Waals surface area contributed by atoms with Gasteiger partial charge in [0.1, 0.15) is 23.1 Å². The Hall–Kier alpha value is -2.45. The number of benzene rings is 2. The van der Waals surface area contributed by atoms with Crippen LogP contribution in [0.1, 0.15) is 43.1 Å². The first-order chi connectivity index (χ1) is 13.1. The van der Waals surface area contributed by atoms with Crippen LogP contribution in [0.5, 0.6) is 5.75 Å². The maximum absolute atomic E-state index is 13.8. The molecule has 8 heteroatoms. The maximum Gasteiger partial charge on any atom is 0.243 e. The molecule has 0 saturated heterocycles. The van der Waals surface area contributed by atoms with Crippen LogP contribution in [-0.4, -0.2) is 27.5 Å². The number of halogens is 1. The highest BCUT2D eigenvalue weighted by atomic mass is 32.2. The molecule has 152 valence electrons. The fraction of sp³-hybridized carbons (Fsp3) is 0.350. The Morgan fingerprint density at radius 2 is 1.82 bits per heavy atom. The summed E-state index contributed by atoms with van der Waals surface area (Å²) in [6, 6.07) is 9.98. The molecule has 0 aliphatic carbocycles. The van der Waals surface area contributed by atoms with Crippen LogP contribution in [0.25, 0.3) is 0 Å². The Bertz CT molecular complexity index is 940. The second-order valence-electron chi connectivity index (χ2n) is 6.94. The molecule has 0 unspecified atom stereocenters. The molecule has 0 aromatic heterocycles. The first-order valence-corrected chi connectivity index (χ1v) is 10.3. The standard InChI is InChI=1S/C20H24FNO5S/c1-4-20(2,3)15-6-8-16(9-7-15)27-12-11-22-28(25,26)18-13-14(19(23)24)5-10-17(18)21/h5-10,13,22H,4,11-12H2,1-3H3,(H,23,24)/p-1. The van der Waals surface area contributed by atoms with Crippen molar-refractivity contribution < 1.29 is 27.4 Å². The summed E-state index contributed by atoms with van der Waals surface area (Å²) in [5, 5.41) is 10.8. The summed E-state index contributed by atoms with van der Waals surface area (Å²) in [5.74, 6) is -2.05. The molecule has 1 N–H and O–H groups in total. The first kappa shape index (κ1) is 21.8. The van der Waals surface area contributed by atoms with E-state index in [1.54, 1.807) is 0 Å². The summed E-state index contributed by atoms with van der Waals surface area (Å²) in [4.78, 5) is 10.1. The van der Waals surface area contributed by atoms with E-state index in [9.17, 15) is 22.7 Å². The van der Waals surface area contributed by atoms with Crippen LogP contribution in [0.15, 0.2) is 47.4 Å². The van der Waals surface area contributed by atoms with Gasteiger partial charge >= 0.3 is 0 Å². The van der Waals surface area contributed by atoms with Gasteiger partial charge in [0.25, 0.3) is 0 Å². The lowest BCUT2D eigenvalue weighted by atomic mass is 9.82. The molecule has 0 radical (unpaired) electrons. The highest BCUT2D eigenvalue weighted by Crippen LogP contribution is 2.28. The molecule has 2 aromatic rings. The van der Waals surface area contributed by atoms with Gasteiger partial charge in [-0.25, -0.2) is 17.5 Å². The predicted octanol–water partition coefficient (Wildman–Crippen LogP) is 2.23. The summed E-state index contributed by atoms with van der Waals surface area (Å²) >= 11 is 0. The van der Waals surface area contributed by atoms with Gasteiger partial charge in [0.2, 0.25) is 10.0 Å². The van der Waals surface area contributed by atoms with Gasteiger partial charge in [-0.05, 0) is 47.2 Å². The van der Waals surface area contributed by atoms with Crippen molar-refractivity contribution in [1.29, 1.82) is 0 Å². The second kappa shape index (κ2) is 8.70. The minimum absolute atomic E-state index is 0.0253. The van der Waals surface area contributed by atoms with E-state index in [4.69, 9.17) is 4.74 Å². The monoisotopic (exact) mass is 408 g/mol. The van der Waals surface area contributed by atoms with Crippen LogP contribution < -0.4 is 14.6 Å². The van der Waals surface area contributed by atoms with E-state index in [2.05, 4.69) is 25.5 Å². The normalized spacial score (nSPS) is 12.0. The van der Waals surface area contributed by atoms with E-state index in [-0.39, 0.29) is 18.6 Å². The molecular weight excluding hydrogens is 385 g/mol. The number of hydrogen-bond acceptors (Lipinski definition) is 5. The van der Waals surface area contributed by atoms with Crippen molar-refractivity contribution in [3.63, 3.8) is 0 Å². The molecule has 0 aliphatic rings. The van der Waals surface area contributed by atoms with E-state index in [1.165, 1.54) is 5.56 Å². The molecule has 6 nitrogen and oxygen atoms in total. The lowest BCUT2D eigenvalue weighted by molar-refractivity contribution is -0.255. The Morgan fingerprint density at radius 1 is 1.18 bits per heavy atom. The van der Waals surface area contributed by atoms with Gasteiger partial charge in [-0.15, -0.1) is 0 Å². The van der Waals surface area contributed by atoms with Crippen LogP contribution in [0.2, 0.25) is 0 Å². The molecule has 2 aromatic carbocycles. The average molecular weight is 408 g/mol. The van der Waals surface area contributed by atoms with E-state index >= 15 is 0 Å². The van der Waals surface area contributed by atoms with Crippen molar-refractivity contribution >= 4 is 16.0 Å². The Labute approximate surface area is 164 Å². The average Bonchev–Trinajstić information content (AvgIpc) is 2.65. The van der Waals surface area contributed by atoms with Gasteiger partial charge in [0.05, 0.1) is 5.97 Å². The lowest BCUT2D eigenvalue weighted by Crippen LogP contribution is -2.29. The van der Waals surface area contributed by atoms with Crippen LogP contribution in [0, 0.1) is 5.82 Å². The van der Waals surface area contributed by atoms with E-state index < -0.39 is 32.3 Å². The third-order valence-corrected chi connectivity index (χ3v) is 6.12. The van der Waals surface area contributed by atoms with Crippen molar-refractivity contribution in [2.24, 2.45) is 0 Å². The van der Waals surface area contributed by atoms with Gasteiger partial charge in [-0.2, -0.15) is 0 Å². The summed E-state index contributed by atoms with van der Waals surface area (Å²) in [5.41, 5.74) is 0.803. The van der Waals surface area contributed by atoms with E-state index in [1.807, 2.05) is 24.3 Å². The zero-order valence-corrected chi connectivity index (χ0v) is 16.8. The summed E-state index contributed by atoms with van der Waals surface area (Å²) in [6.45, 7) is 6.32. The molecule has 0 heterocycles. The third kappa shape index (κ3) is 5.30. The molecule has 0 aliphatic heterocycles. The predicted molar refractivity (Wildman–Crippen MR) is 101 cm³/mol. The third-order valence-electron chi connectivity index (χ3n) is 4.64. The van der Waals surface area contributed by atoms with Crippen LogP contribution >= 0.6 is 0 Å². The number of carbonyl (C=O) groups is 1. The second-order valence-corrected chi connectivity index (χ2v) is 8.68. The number of rotatable bonds is 9. The van der Waals surface area contributed by atoms with Gasteiger partial charge in [0, 0.05) is 6.54 Å². The number of sulfonamides is 1. The molecule has 0 spiro atoms. The zero-order chi connectivity index (χ0) is 20.9. The first-order valence-electron chi connectivity index (χ1n) is 8.81. The number of carbonyl (C=O) groups excluding carboxylic acids is 1. The lowest BCUT2D eigenvalue weighted by Gasteiger charge is -2.23. The van der Waals surface area contributed by atoms with Gasteiger partial charge < -0.3 is 14.6 Å².